The molecule has 2 amide bonds. The summed E-state index contributed by atoms with van der Waals surface area (Å²) in [6, 6.07) is 14.9. The number of ether oxygens (including phenoxy) is 1. The van der Waals surface area contributed by atoms with Gasteiger partial charge < -0.3 is 10.1 Å². The average molecular weight is 553 g/mol. The van der Waals surface area contributed by atoms with Gasteiger partial charge in [0.25, 0.3) is 0 Å². The number of amides is 2. The number of aromatic nitrogens is 3. The summed E-state index contributed by atoms with van der Waals surface area (Å²) < 4.78 is 44.2. The van der Waals surface area contributed by atoms with Crippen molar-refractivity contribution in [2.75, 3.05) is 5.32 Å². The molecule has 3 heterocycles. The van der Waals surface area contributed by atoms with E-state index in [9.17, 15) is 22.8 Å². The first-order valence-corrected chi connectivity index (χ1v) is 11.7. The van der Waals surface area contributed by atoms with Gasteiger partial charge in [0, 0.05) is 22.5 Å². The Morgan fingerprint density at radius 3 is 2.64 bits per heavy atom. The van der Waals surface area contributed by atoms with Crippen molar-refractivity contribution in [3.63, 3.8) is 0 Å². The number of fused-ring (bicyclic) bond motifs is 1. The number of carbonyl (C=O) groups excluding carboxylic acids is 2. The van der Waals surface area contributed by atoms with Crippen molar-refractivity contribution in [3.8, 4) is 11.8 Å². The SMILES string of the molecule is O=C(Nc1cccc(C#Cc2cnc3cccnn23)c1)N1N=C(OC(=O)C(F)(F)F)CC1c1ccc(Cl)cc1. The summed E-state index contributed by atoms with van der Waals surface area (Å²) in [6.45, 7) is 0. The molecule has 39 heavy (non-hydrogen) atoms. The lowest BCUT2D eigenvalue weighted by atomic mass is 10.0. The van der Waals surface area contributed by atoms with Gasteiger partial charge in [-0.15, -0.1) is 5.10 Å². The van der Waals surface area contributed by atoms with Crippen LogP contribution in [0.3, 0.4) is 0 Å². The molecule has 0 aliphatic carbocycles. The van der Waals surface area contributed by atoms with Crippen LogP contribution in [-0.2, 0) is 9.53 Å². The minimum absolute atomic E-state index is 0.254. The summed E-state index contributed by atoms with van der Waals surface area (Å²) in [5.41, 5.74) is 2.66. The van der Waals surface area contributed by atoms with Crippen LogP contribution >= 0.6 is 11.6 Å². The number of benzene rings is 2. The fourth-order valence-electron chi connectivity index (χ4n) is 3.75. The molecule has 0 fully saturated rings. The minimum atomic E-state index is -5.21. The molecule has 0 spiro atoms. The number of nitrogens with zero attached hydrogens (tertiary/aromatic N) is 5. The van der Waals surface area contributed by atoms with Gasteiger partial charge in [-0.1, -0.05) is 35.7 Å². The average Bonchev–Trinajstić information content (AvgIpc) is 3.52. The van der Waals surface area contributed by atoms with E-state index in [4.69, 9.17) is 11.6 Å². The van der Waals surface area contributed by atoms with Gasteiger partial charge in [-0.25, -0.2) is 24.1 Å². The van der Waals surface area contributed by atoms with Gasteiger partial charge in [-0.2, -0.15) is 18.3 Å². The van der Waals surface area contributed by atoms with E-state index in [1.54, 1.807) is 77.6 Å². The predicted molar refractivity (Wildman–Crippen MR) is 135 cm³/mol. The molecule has 2 aromatic carbocycles. The number of hydrogen-bond acceptors (Lipinski definition) is 6. The van der Waals surface area contributed by atoms with Crippen molar-refractivity contribution in [1.82, 2.24) is 19.6 Å². The van der Waals surface area contributed by atoms with E-state index < -0.39 is 30.1 Å². The lowest BCUT2D eigenvalue weighted by Gasteiger charge is -2.22. The highest BCUT2D eigenvalue weighted by Crippen LogP contribution is 2.33. The quantitative estimate of drug-likeness (QED) is 0.273. The molecule has 1 aliphatic heterocycles. The summed E-state index contributed by atoms with van der Waals surface area (Å²) in [6.07, 6.45) is -2.26. The largest absolute Gasteiger partial charge is 0.491 e. The molecule has 4 aromatic rings. The topological polar surface area (TPSA) is 101 Å². The maximum absolute atomic E-state index is 13.2. The van der Waals surface area contributed by atoms with Crippen molar-refractivity contribution < 1.29 is 27.5 Å². The van der Waals surface area contributed by atoms with Gasteiger partial charge in [0.1, 0.15) is 5.69 Å². The lowest BCUT2D eigenvalue weighted by molar-refractivity contribution is -0.191. The third kappa shape index (κ3) is 5.83. The smallest absolute Gasteiger partial charge is 0.403 e. The molecule has 1 N–H and O–H groups in total. The predicted octanol–water partition coefficient (Wildman–Crippen LogP) is 5.18. The standard InChI is InChI=1S/C26H16ClF3N6O3/c27-18-9-7-17(8-10-18)21-14-23(39-24(37)26(28,29)30)34-36(21)25(38)33-19-4-1-3-16(13-19)6-11-20-15-31-22-5-2-12-32-35(20)22/h1-5,7-10,12-13,15,21H,14H2,(H,33,38). The Kier molecular flexibility index (Phi) is 6.91. The van der Waals surface area contributed by atoms with Crippen LogP contribution < -0.4 is 5.32 Å². The van der Waals surface area contributed by atoms with Crippen LogP contribution in [0.4, 0.5) is 23.7 Å². The lowest BCUT2D eigenvalue weighted by Crippen LogP contribution is -2.31. The monoisotopic (exact) mass is 552 g/mol. The Balaban J connectivity index is 1.37. The van der Waals surface area contributed by atoms with Gasteiger partial charge in [0.2, 0.25) is 5.90 Å². The normalized spacial score (nSPS) is 14.9. The third-order valence-corrected chi connectivity index (χ3v) is 5.77. The Morgan fingerprint density at radius 2 is 1.87 bits per heavy atom. The van der Waals surface area contributed by atoms with E-state index in [0.29, 0.717) is 33.2 Å². The van der Waals surface area contributed by atoms with Crippen molar-refractivity contribution in [2.24, 2.45) is 5.10 Å². The second-order valence-electron chi connectivity index (χ2n) is 8.20. The Hall–Kier alpha value is -4.89. The second kappa shape index (κ2) is 10.5. The Bertz CT molecular complexity index is 1660. The maximum Gasteiger partial charge on any atom is 0.491 e. The van der Waals surface area contributed by atoms with Crippen LogP contribution in [0.25, 0.3) is 5.65 Å². The first kappa shape index (κ1) is 25.7. The van der Waals surface area contributed by atoms with Gasteiger partial charge in [-0.05, 0) is 53.9 Å². The highest BCUT2D eigenvalue weighted by molar-refractivity contribution is 6.30. The van der Waals surface area contributed by atoms with Gasteiger partial charge >= 0.3 is 18.2 Å². The van der Waals surface area contributed by atoms with Crippen molar-refractivity contribution >= 4 is 40.8 Å². The number of hydrogen-bond donors (Lipinski definition) is 1. The molecule has 196 valence electrons. The molecule has 0 saturated carbocycles. The fraction of sp³-hybridized carbons (Fsp3) is 0.115. The highest BCUT2D eigenvalue weighted by Gasteiger charge is 2.44. The van der Waals surface area contributed by atoms with Gasteiger partial charge in [0.05, 0.1) is 18.7 Å². The zero-order valence-electron chi connectivity index (χ0n) is 19.7. The van der Waals surface area contributed by atoms with E-state index in [1.165, 1.54) is 0 Å². The Labute approximate surface area is 223 Å². The maximum atomic E-state index is 13.2. The third-order valence-electron chi connectivity index (χ3n) is 5.51. The van der Waals surface area contributed by atoms with Crippen LogP contribution in [0.5, 0.6) is 0 Å². The molecule has 1 aliphatic rings. The molecule has 0 bridgehead atoms. The number of esters is 1. The number of alkyl halides is 3. The number of halogens is 4. The summed E-state index contributed by atoms with van der Waals surface area (Å²) in [5, 5.41) is 12.1. The van der Waals surface area contributed by atoms with Crippen LogP contribution in [-0.4, -0.2) is 43.7 Å². The van der Waals surface area contributed by atoms with E-state index in [0.717, 1.165) is 5.01 Å². The number of hydrazone groups is 1. The van der Waals surface area contributed by atoms with E-state index >= 15 is 0 Å². The molecule has 0 radical (unpaired) electrons. The number of anilines is 1. The molecular formula is C26H16ClF3N6O3. The Morgan fingerprint density at radius 1 is 1.08 bits per heavy atom. The molecule has 1 atom stereocenters. The first-order valence-electron chi connectivity index (χ1n) is 11.3. The summed E-state index contributed by atoms with van der Waals surface area (Å²) >= 11 is 5.94. The van der Waals surface area contributed by atoms with Crippen LogP contribution in [0.1, 0.15) is 29.3 Å². The number of urea groups is 1. The second-order valence-corrected chi connectivity index (χ2v) is 8.63. The van der Waals surface area contributed by atoms with E-state index in [1.807, 2.05) is 0 Å². The number of carbonyl (C=O) groups is 2. The van der Waals surface area contributed by atoms with Crippen molar-refractivity contribution in [1.29, 1.82) is 0 Å². The molecule has 13 heteroatoms. The number of nitrogens with one attached hydrogen (secondary N) is 1. The fourth-order valence-corrected chi connectivity index (χ4v) is 3.87. The molecule has 5 rings (SSSR count). The zero-order valence-corrected chi connectivity index (χ0v) is 20.4. The van der Waals surface area contributed by atoms with Crippen LogP contribution in [0, 0.1) is 11.8 Å². The summed E-state index contributed by atoms with van der Waals surface area (Å²) in [4.78, 5) is 28.7. The molecule has 9 nitrogen and oxygen atoms in total. The van der Waals surface area contributed by atoms with Gasteiger partial charge in [-0.3, -0.25) is 0 Å². The number of rotatable bonds is 2. The zero-order chi connectivity index (χ0) is 27.6. The molecule has 1 unspecified atom stereocenters. The highest BCUT2D eigenvalue weighted by atomic mass is 35.5. The first-order chi connectivity index (χ1) is 18.7. The molecular weight excluding hydrogens is 537 g/mol. The summed E-state index contributed by atoms with van der Waals surface area (Å²) in [5.74, 6) is 2.99. The van der Waals surface area contributed by atoms with Gasteiger partial charge in [0.15, 0.2) is 5.65 Å². The van der Waals surface area contributed by atoms with Crippen LogP contribution in [0.2, 0.25) is 5.02 Å². The van der Waals surface area contributed by atoms with E-state index in [-0.39, 0.29) is 6.42 Å². The molecule has 0 saturated heterocycles. The van der Waals surface area contributed by atoms with E-state index in [2.05, 4.69) is 37.1 Å². The molecule has 2 aromatic heterocycles. The number of imidazole rings is 1. The van der Waals surface area contributed by atoms with Crippen LogP contribution in [0.15, 0.2) is 78.2 Å². The summed E-state index contributed by atoms with van der Waals surface area (Å²) in [7, 11) is 0. The van der Waals surface area contributed by atoms with Crippen molar-refractivity contribution in [3.05, 3.63) is 94.9 Å². The van der Waals surface area contributed by atoms with Crippen molar-refractivity contribution in [2.45, 2.75) is 18.6 Å². The minimum Gasteiger partial charge on any atom is -0.403 e.